The first-order chi connectivity index (χ1) is 8.81. The van der Waals surface area contributed by atoms with Crippen LogP contribution >= 0.6 is 0 Å². The lowest BCUT2D eigenvalue weighted by atomic mass is 10.0. The molecule has 1 nitrogen and oxygen atoms in total. The van der Waals surface area contributed by atoms with Gasteiger partial charge in [0.2, 0.25) is 0 Å². The summed E-state index contributed by atoms with van der Waals surface area (Å²) in [5.74, 6) is 0.915. The molecule has 0 fully saturated rings. The van der Waals surface area contributed by atoms with Crippen LogP contribution in [0.5, 0.6) is 5.75 Å². The maximum atomic E-state index is 5.16. The molecule has 1 radical (unpaired) electrons. The minimum atomic E-state index is 0.915. The van der Waals surface area contributed by atoms with Gasteiger partial charge in [-0.2, -0.15) is 0 Å². The van der Waals surface area contributed by atoms with E-state index in [9.17, 15) is 0 Å². The van der Waals surface area contributed by atoms with Gasteiger partial charge in [0.25, 0.3) is 0 Å². The van der Waals surface area contributed by atoms with E-state index >= 15 is 0 Å². The van der Waals surface area contributed by atoms with Crippen molar-refractivity contribution >= 4 is 0 Å². The molecule has 2 aromatic carbocycles. The Labute approximate surface area is 109 Å². The molecule has 0 unspecified atom stereocenters. The van der Waals surface area contributed by atoms with Crippen molar-refractivity contribution in [1.82, 2.24) is 0 Å². The van der Waals surface area contributed by atoms with Gasteiger partial charge in [-0.15, -0.1) is 0 Å². The van der Waals surface area contributed by atoms with Crippen LogP contribution < -0.4 is 4.74 Å². The highest BCUT2D eigenvalue weighted by Crippen LogP contribution is 2.14. The summed E-state index contributed by atoms with van der Waals surface area (Å²) in [6.45, 7) is 2.18. The molecule has 0 heterocycles. The normalized spacial score (nSPS) is 10.3. The molecule has 0 bridgehead atoms. The third-order valence-electron chi connectivity index (χ3n) is 3.18. The van der Waals surface area contributed by atoms with Crippen LogP contribution in [0.1, 0.15) is 23.6 Å². The van der Waals surface area contributed by atoms with E-state index in [-0.39, 0.29) is 0 Å². The van der Waals surface area contributed by atoms with Crippen LogP contribution in [0.2, 0.25) is 0 Å². The molecule has 0 amide bonds. The quantitative estimate of drug-likeness (QED) is 0.770. The second-order valence-electron chi connectivity index (χ2n) is 4.42. The largest absolute Gasteiger partial charge is 0.497 e. The Hall–Kier alpha value is -1.76. The Balaban J connectivity index is 1.97. The summed E-state index contributed by atoms with van der Waals surface area (Å²) in [4.78, 5) is 0. The number of ether oxygens (including phenoxy) is 1. The monoisotopic (exact) mass is 239 g/mol. The molecular weight excluding hydrogens is 220 g/mol. The molecule has 0 N–H and O–H groups in total. The molecule has 0 saturated heterocycles. The molecule has 93 valence electrons. The predicted molar refractivity (Wildman–Crippen MR) is 75.1 cm³/mol. The zero-order valence-corrected chi connectivity index (χ0v) is 11.1. The molecule has 2 rings (SSSR count). The maximum absolute atomic E-state index is 5.16. The molecule has 1 heteroatoms. The lowest BCUT2D eigenvalue weighted by Gasteiger charge is -2.05. The van der Waals surface area contributed by atoms with Crippen molar-refractivity contribution < 1.29 is 4.74 Å². The third kappa shape index (κ3) is 3.36. The second kappa shape index (κ2) is 6.25. The maximum Gasteiger partial charge on any atom is 0.118 e. The van der Waals surface area contributed by atoms with Crippen LogP contribution in [0.25, 0.3) is 0 Å². The molecule has 0 aliphatic rings. The van der Waals surface area contributed by atoms with Crippen LogP contribution in [0.15, 0.2) is 42.5 Å². The Bertz CT molecular complexity index is 485. The molecular formula is C17H19O. The molecule has 0 aliphatic heterocycles. The van der Waals surface area contributed by atoms with E-state index in [2.05, 4.69) is 37.3 Å². The van der Waals surface area contributed by atoms with Crippen molar-refractivity contribution in [3.05, 3.63) is 65.2 Å². The number of benzene rings is 2. The van der Waals surface area contributed by atoms with Crippen molar-refractivity contribution in [2.45, 2.75) is 26.2 Å². The topological polar surface area (TPSA) is 9.23 Å². The van der Waals surface area contributed by atoms with Crippen LogP contribution in [0.4, 0.5) is 0 Å². The van der Waals surface area contributed by atoms with Gasteiger partial charge < -0.3 is 4.74 Å². The minimum absolute atomic E-state index is 0.915. The summed E-state index contributed by atoms with van der Waals surface area (Å²) in [7, 11) is 1.69. The molecule has 0 spiro atoms. The van der Waals surface area contributed by atoms with Crippen LogP contribution in [-0.4, -0.2) is 7.11 Å². The molecule has 0 saturated carbocycles. The van der Waals surface area contributed by atoms with Gasteiger partial charge in [0.1, 0.15) is 5.75 Å². The highest BCUT2D eigenvalue weighted by atomic mass is 16.5. The lowest BCUT2D eigenvalue weighted by Crippen LogP contribution is -1.93. The molecule has 18 heavy (non-hydrogen) atoms. The lowest BCUT2D eigenvalue weighted by molar-refractivity contribution is 0.414. The summed E-state index contributed by atoms with van der Waals surface area (Å²) < 4.78 is 5.16. The van der Waals surface area contributed by atoms with Crippen LogP contribution in [0.3, 0.4) is 0 Å². The Morgan fingerprint density at radius 2 is 1.78 bits per heavy atom. The molecule has 0 atom stereocenters. The Morgan fingerprint density at radius 3 is 2.44 bits per heavy atom. The van der Waals surface area contributed by atoms with E-state index in [0.717, 1.165) is 25.0 Å². The summed E-state index contributed by atoms with van der Waals surface area (Å²) in [6, 6.07) is 18.0. The van der Waals surface area contributed by atoms with E-state index in [0.29, 0.717) is 0 Å². The van der Waals surface area contributed by atoms with Gasteiger partial charge in [0.15, 0.2) is 0 Å². The first kappa shape index (κ1) is 12.7. The fraction of sp³-hybridized carbons (Fsp3) is 0.294. The number of methoxy groups -OCH3 is 1. The minimum Gasteiger partial charge on any atom is -0.497 e. The van der Waals surface area contributed by atoms with Crippen molar-refractivity contribution in [2.24, 2.45) is 0 Å². The van der Waals surface area contributed by atoms with Crippen molar-refractivity contribution in [3.8, 4) is 5.75 Å². The fourth-order valence-corrected chi connectivity index (χ4v) is 2.00. The van der Waals surface area contributed by atoms with E-state index in [1.54, 1.807) is 7.11 Å². The summed E-state index contributed by atoms with van der Waals surface area (Å²) in [5.41, 5.74) is 4.02. The van der Waals surface area contributed by atoms with Crippen LogP contribution in [0, 0.1) is 6.07 Å². The zero-order valence-electron chi connectivity index (χ0n) is 11.1. The van der Waals surface area contributed by atoms with E-state index < -0.39 is 0 Å². The standard InChI is InChI=1S/C17H19O/c1-3-14-5-4-6-16(13-14)8-7-15-9-11-17(18-2)12-10-15/h4-5,9-13H,3,7-8H2,1-2H3. The number of rotatable bonds is 5. The molecule has 2 aromatic rings. The van der Waals surface area contributed by atoms with E-state index in [1.807, 2.05) is 18.2 Å². The first-order valence-corrected chi connectivity index (χ1v) is 6.44. The summed E-state index contributed by atoms with van der Waals surface area (Å²) in [6.07, 6.45) is 3.18. The number of hydrogen-bond donors (Lipinski definition) is 0. The average molecular weight is 239 g/mol. The van der Waals surface area contributed by atoms with Gasteiger partial charge in [-0.3, -0.25) is 0 Å². The van der Waals surface area contributed by atoms with Crippen molar-refractivity contribution in [3.63, 3.8) is 0 Å². The van der Waals surface area contributed by atoms with Gasteiger partial charge in [0.05, 0.1) is 7.11 Å². The first-order valence-electron chi connectivity index (χ1n) is 6.44. The SMILES string of the molecule is CCc1cc[c]c(CCc2ccc(OC)cc2)c1. The van der Waals surface area contributed by atoms with Crippen molar-refractivity contribution in [2.75, 3.05) is 7.11 Å². The van der Waals surface area contributed by atoms with E-state index in [4.69, 9.17) is 4.74 Å². The predicted octanol–water partition coefficient (Wildman–Crippen LogP) is 3.84. The number of aryl methyl sites for hydroxylation is 3. The molecule has 0 aromatic heterocycles. The smallest absolute Gasteiger partial charge is 0.118 e. The number of hydrogen-bond acceptors (Lipinski definition) is 1. The summed E-state index contributed by atoms with van der Waals surface area (Å²) >= 11 is 0. The van der Waals surface area contributed by atoms with Crippen molar-refractivity contribution in [1.29, 1.82) is 0 Å². The van der Waals surface area contributed by atoms with Gasteiger partial charge >= 0.3 is 0 Å². The molecule has 0 aliphatic carbocycles. The highest BCUT2D eigenvalue weighted by molar-refractivity contribution is 5.28. The Kier molecular flexibility index (Phi) is 4.40. The van der Waals surface area contributed by atoms with Gasteiger partial charge in [-0.1, -0.05) is 37.3 Å². The van der Waals surface area contributed by atoms with Gasteiger partial charge in [0, 0.05) is 0 Å². The van der Waals surface area contributed by atoms with Gasteiger partial charge in [-0.05, 0) is 54.2 Å². The Morgan fingerprint density at radius 1 is 1.00 bits per heavy atom. The second-order valence-corrected chi connectivity index (χ2v) is 4.42. The van der Waals surface area contributed by atoms with Crippen LogP contribution in [-0.2, 0) is 19.3 Å². The third-order valence-corrected chi connectivity index (χ3v) is 3.18. The zero-order chi connectivity index (χ0) is 12.8. The van der Waals surface area contributed by atoms with E-state index in [1.165, 1.54) is 16.7 Å². The van der Waals surface area contributed by atoms with Gasteiger partial charge in [-0.25, -0.2) is 0 Å². The fourth-order valence-electron chi connectivity index (χ4n) is 2.00. The summed E-state index contributed by atoms with van der Waals surface area (Å²) in [5, 5.41) is 0. The highest BCUT2D eigenvalue weighted by Gasteiger charge is 1.98. The average Bonchev–Trinajstić information content (AvgIpc) is 2.46.